The summed E-state index contributed by atoms with van der Waals surface area (Å²) < 4.78 is 49.0. The molecule has 0 saturated heterocycles. The molecule has 0 heterocycles. The normalized spacial score (nSPS) is 11.1. The van der Waals surface area contributed by atoms with Gasteiger partial charge in [0.2, 0.25) is 0 Å². The zero-order valence-electron chi connectivity index (χ0n) is 15.0. The zero-order chi connectivity index (χ0) is 19.7. The van der Waals surface area contributed by atoms with Crippen LogP contribution >= 0.6 is 0 Å². The number of unbranched alkanes of at least 4 members (excludes halogenated alkanes) is 2. The van der Waals surface area contributed by atoms with Crippen molar-refractivity contribution >= 4 is 11.6 Å². The second kappa shape index (κ2) is 9.85. The molecule has 0 aliphatic heterocycles. The molecule has 2 aromatic rings. The smallest absolute Gasteiger partial charge is 0.416 e. The Balaban J connectivity index is 1.80. The number of hydrogen-bond donors (Lipinski definition) is 1. The molecule has 0 fully saturated rings. The number of nitrogens with one attached hydrogen (secondary N) is 1. The maximum absolute atomic E-state index is 12.7. The van der Waals surface area contributed by atoms with E-state index in [1.54, 1.807) is 24.3 Å². The SMILES string of the molecule is CCCCCOc1ccc(OCC(=O)Nc2cccc(C(F)(F)F)c2)cc1. The van der Waals surface area contributed by atoms with Crippen LogP contribution in [0.5, 0.6) is 11.5 Å². The van der Waals surface area contributed by atoms with E-state index in [9.17, 15) is 18.0 Å². The summed E-state index contributed by atoms with van der Waals surface area (Å²) in [6, 6.07) is 11.3. The van der Waals surface area contributed by atoms with Gasteiger partial charge in [-0.2, -0.15) is 13.2 Å². The summed E-state index contributed by atoms with van der Waals surface area (Å²) in [5.41, 5.74) is -0.759. The van der Waals surface area contributed by atoms with E-state index in [1.807, 2.05) is 0 Å². The lowest BCUT2D eigenvalue weighted by molar-refractivity contribution is -0.137. The number of hydrogen-bond acceptors (Lipinski definition) is 3. The van der Waals surface area contributed by atoms with Crippen molar-refractivity contribution in [3.8, 4) is 11.5 Å². The van der Waals surface area contributed by atoms with Gasteiger partial charge in [-0.1, -0.05) is 25.8 Å². The first-order chi connectivity index (χ1) is 12.9. The first-order valence-corrected chi connectivity index (χ1v) is 8.71. The van der Waals surface area contributed by atoms with Gasteiger partial charge in [0.25, 0.3) is 5.91 Å². The first-order valence-electron chi connectivity index (χ1n) is 8.71. The van der Waals surface area contributed by atoms with Gasteiger partial charge < -0.3 is 14.8 Å². The van der Waals surface area contributed by atoms with E-state index in [0.717, 1.165) is 31.4 Å². The molecule has 7 heteroatoms. The standard InChI is InChI=1S/C20H22F3NO3/c1-2-3-4-12-26-17-8-10-18(11-9-17)27-14-19(25)24-16-7-5-6-15(13-16)20(21,22)23/h5-11,13H,2-4,12,14H2,1H3,(H,24,25). The number of rotatable bonds is 9. The van der Waals surface area contributed by atoms with E-state index in [4.69, 9.17) is 9.47 Å². The molecule has 0 aliphatic rings. The second-order valence-electron chi connectivity index (χ2n) is 5.94. The molecule has 0 unspecified atom stereocenters. The third-order valence-electron chi connectivity index (χ3n) is 3.68. The molecule has 1 N–H and O–H groups in total. The molecular weight excluding hydrogens is 359 g/mol. The Hall–Kier alpha value is -2.70. The highest BCUT2D eigenvalue weighted by molar-refractivity contribution is 5.91. The van der Waals surface area contributed by atoms with Crippen molar-refractivity contribution in [3.63, 3.8) is 0 Å². The number of benzene rings is 2. The highest BCUT2D eigenvalue weighted by Crippen LogP contribution is 2.30. The Morgan fingerprint density at radius 1 is 1.00 bits per heavy atom. The molecule has 4 nitrogen and oxygen atoms in total. The van der Waals surface area contributed by atoms with Crippen molar-refractivity contribution in [2.24, 2.45) is 0 Å². The highest BCUT2D eigenvalue weighted by Gasteiger charge is 2.30. The molecule has 27 heavy (non-hydrogen) atoms. The fourth-order valence-electron chi connectivity index (χ4n) is 2.29. The minimum absolute atomic E-state index is 0.0641. The Labute approximate surface area is 156 Å². The Morgan fingerprint density at radius 3 is 2.30 bits per heavy atom. The molecule has 2 rings (SSSR count). The van der Waals surface area contributed by atoms with Crippen LogP contribution in [0, 0.1) is 0 Å². The lowest BCUT2D eigenvalue weighted by Gasteiger charge is -2.11. The molecule has 0 aromatic heterocycles. The molecule has 0 aliphatic carbocycles. The number of halogens is 3. The van der Waals surface area contributed by atoms with Crippen LogP contribution in [0.2, 0.25) is 0 Å². The number of carbonyl (C=O) groups excluding carboxylic acids is 1. The van der Waals surface area contributed by atoms with Gasteiger partial charge in [0, 0.05) is 5.69 Å². The average molecular weight is 381 g/mol. The number of ether oxygens (including phenoxy) is 2. The van der Waals surface area contributed by atoms with Gasteiger partial charge >= 0.3 is 6.18 Å². The van der Waals surface area contributed by atoms with Crippen LogP contribution in [0.4, 0.5) is 18.9 Å². The van der Waals surface area contributed by atoms with E-state index in [2.05, 4.69) is 12.2 Å². The Morgan fingerprint density at radius 2 is 1.67 bits per heavy atom. The van der Waals surface area contributed by atoms with Gasteiger partial charge in [-0.05, 0) is 48.9 Å². The van der Waals surface area contributed by atoms with Gasteiger partial charge in [0.05, 0.1) is 12.2 Å². The third kappa shape index (κ3) is 7.21. The maximum Gasteiger partial charge on any atom is 0.416 e. The molecule has 2 aromatic carbocycles. The minimum atomic E-state index is -4.46. The summed E-state index contributed by atoms with van der Waals surface area (Å²) in [7, 11) is 0. The van der Waals surface area contributed by atoms with Crippen LogP contribution in [-0.4, -0.2) is 19.1 Å². The fourth-order valence-corrected chi connectivity index (χ4v) is 2.29. The van der Waals surface area contributed by atoms with Crippen LogP contribution in [-0.2, 0) is 11.0 Å². The van der Waals surface area contributed by atoms with E-state index >= 15 is 0 Å². The predicted molar refractivity (Wildman–Crippen MR) is 97.0 cm³/mol. The number of amides is 1. The maximum atomic E-state index is 12.7. The van der Waals surface area contributed by atoms with Crippen LogP contribution in [0.1, 0.15) is 31.7 Å². The molecule has 0 spiro atoms. The fraction of sp³-hybridized carbons (Fsp3) is 0.350. The second-order valence-corrected chi connectivity index (χ2v) is 5.94. The molecule has 0 radical (unpaired) electrons. The van der Waals surface area contributed by atoms with E-state index in [0.29, 0.717) is 18.1 Å². The zero-order valence-corrected chi connectivity index (χ0v) is 15.0. The lowest BCUT2D eigenvalue weighted by Crippen LogP contribution is -2.20. The van der Waals surface area contributed by atoms with Crippen molar-refractivity contribution in [2.75, 3.05) is 18.5 Å². The summed E-state index contributed by atoms with van der Waals surface area (Å²) in [4.78, 5) is 11.9. The van der Waals surface area contributed by atoms with Crippen LogP contribution in [0.15, 0.2) is 48.5 Å². The van der Waals surface area contributed by atoms with E-state index in [1.165, 1.54) is 12.1 Å². The van der Waals surface area contributed by atoms with Crippen LogP contribution in [0.3, 0.4) is 0 Å². The van der Waals surface area contributed by atoms with Crippen molar-refractivity contribution in [3.05, 3.63) is 54.1 Å². The topological polar surface area (TPSA) is 47.6 Å². The molecule has 1 amide bonds. The van der Waals surface area contributed by atoms with Gasteiger partial charge in [0.15, 0.2) is 6.61 Å². The molecule has 0 saturated carbocycles. The first kappa shape index (κ1) is 20.6. The average Bonchev–Trinajstić information content (AvgIpc) is 2.64. The van der Waals surface area contributed by atoms with Gasteiger partial charge in [-0.25, -0.2) is 0 Å². The number of carbonyl (C=O) groups is 1. The van der Waals surface area contributed by atoms with Gasteiger partial charge in [-0.15, -0.1) is 0 Å². The molecule has 0 bridgehead atoms. The van der Waals surface area contributed by atoms with E-state index < -0.39 is 17.6 Å². The van der Waals surface area contributed by atoms with Crippen molar-refractivity contribution in [1.82, 2.24) is 0 Å². The molecule has 0 atom stereocenters. The van der Waals surface area contributed by atoms with Crippen molar-refractivity contribution < 1.29 is 27.4 Å². The molecular formula is C20H22F3NO3. The van der Waals surface area contributed by atoms with Crippen LogP contribution < -0.4 is 14.8 Å². The quantitative estimate of drug-likeness (QED) is 0.600. The van der Waals surface area contributed by atoms with Gasteiger partial charge in [-0.3, -0.25) is 4.79 Å². The largest absolute Gasteiger partial charge is 0.494 e. The number of anilines is 1. The summed E-state index contributed by atoms with van der Waals surface area (Å²) in [5, 5.41) is 2.39. The summed E-state index contributed by atoms with van der Waals surface area (Å²) >= 11 is 0. The van der Waals surface area contributed by atoms with Crippen molar-refractivity contribution in [1.29, 1.82) is 0 Å². The lowest BCUT2D eigenvalue weighted by atomic mass is 10.2. The third-order valence-corrected chi connectivity index (χ3v) is 3.68. The summed E-state index contributed by atoms with van der Waals surface area (Å²) in [6.45, 7) is 2.45. The number of alkyl halides is 3. The van der Waals surface area contributed by atoms with Gasteiger partial charge in [0.1, 0.15) is 11.5 Å². The van der Waals surface area contributed by atoms with Crippen LogP contribution in [0.25, 0.3) is 0 Å². The monoisotopic (exact) mass is 381 g/mol. The predicted octanol–water partition coefficient (Wildman–Crippen LogP) is 5.29. The van der Waals surface area contributed by atoms with Crippen molar-refractivity contribution in [2.45, 2.75) is 32.4 Å². The minimum Gasteiger partial charge on any atom is -0.494 e. The summed E-state index contributed by atoms with van der Waals surface area (Å²) in [5.74, 6) is 0.635. The summed E-state index contributed by atoms with van der Waals surface area (Å²) in [6.07, 6.45) is -1.23. The Bertz CT molecular complexity index is 730. The Kier molecular flexibility index (Phi) is 7.52. The van der Waals surface area contributed by atoms with E-state index in [-0.39, 0.29) is 12.3 Å². The highest BCUT2D eigenvalue weighted by atomic mass is 19.4. The molecule has 146 valence electrons.